The summed E-state index contributed by atoms with van der Waals surface area (Å²) in [5.74, 6) is 0.859. The molecule has 1 aromatic rings. The molecule has 0 atom stereocenters. The molecule has 2 rings (SSSR count). The Morgan fingerprint density at radius 2 is 1.95 bits per heavy atom. The molecule has 0 N–H and O–H groups in total. The van der Waals surface area contributed by atoms with Crippen LogP contribution in [-0.2, 0) is 0 Å². The molecule has 0 radical (unpaired) electrons. The first-order chi connectivity index (χ1) is 9.17. The number of nitrogens with zero attached hydrogens (tertiary/aromatic N) is 2. The van der Waals surface area contributed by atoms with Gasteiger partial charge >= 0.3 is 0 Å². The fourth-order valence-electron chi connectivity index (χ4n) is 2.92. The zero-order valence-corrected chi connectivity index (χ0v) is 12.8. The van der Waals surface area contributed by atoms with Gasteiger partial charge in [0.25, 0.3) is 0 Å². The number of hydrogen-bond donors (Lipinski definition) is 0. The topological polar surface area (TPSA) is 27.0 Å². The van der Waals surface area contributed by atoms with E-state index in [1.54, 1.807) is 11.8 Å². The molecule has 0 unspecified atom stereocenters. The second-order valence-corrected chi connectivity index (χ2v) is 6.34. The summed E-state index contributed by atoms with van der Waals surface area (Å²) in [4.78, 5) is 3.40. The maximum absolute atomic E-state index is 9.43. The van der Waals surface area contributed by atoms with Crippen LogP contribution < -0.4 is 4.90 Å². The Balaban J connectivity index is 2.24. The number of rotatable bonds is 3. The number of anilines is 1. The number of thioether (sulfide) groups is 1. The highest BCUT2D eigenvalue weighted by atomic mass is 32.2. The van der Waals surface area contributed by atoms with Crippen molar-refractivity contribution in [1.29, 1.82) is 5.26 Å². The van der Waals surface area contributed by atoms with Gasteiger partial charge in [0.1, 0.15) is 6.07 Å². The van der Waals surface area contributed by atoms with Crippen molar-refractivity contribution in [2.24, 2.45) is 5.92 Å². The summed E-state index contributed by atoms with van der Waals surface area (Å²) in [5, 5.41) is 9.43. The summed E-state index contributed by atoms with van der Waals surface area (Å²) in [6.07, 6.45) is 7.12. The standard InChI is InChI=1S/C16H22N2S/c1-12-7-9-13(10-8-12)18(2)15-5-4-6-16(19-3)14(15)11-17/h4-6,12-13H,7-10H2,1-3H3. The zero-order valence-electron chi connectivity index (χ0n) is 12.0. The molecule has 0 bridgehead atoms. The van der Waals surface area contributed by atoms with Gasteiger partial charge in [-0.3, -0.25) is 0 Å². The van der Waals surface area contributed by atoms with E-state index in [1.165, 1.54) is 25.7 Å². The summed E-state index contributed by atoms with van der Waals surface area (Å²) >= 11 is 1.65. The zero-order chi connectivity index (χ0) is 13.8. The summed E-state index contributed by atoms with van der Waals surface area (Å²) in [6.45, 7) is 2.34. The maximum Gasteiger partial charge on any atom is 0.103 e. The molecule has 19 heavy (non-hydrogen) atoms. The van der Waals surface area contributed by atoms with Crippen LogP contribution in [0.15, 0.2) is 23.1 Å². The van der Waals surface area contributed by atoms with Crippen molar-refractivity contribution < 1.29 is 0 Å². The van der Waals surface area contributed by atoms with Crippen LogP contribution in [0.1, 0.15) is 38.2 Å². The lowest BCUT2D eigenvalue weighted by molar-refractivity contribution is 0.340. The lowest BCUT2D eigenvalue weighted by Crippen LogP contribution is -2.35. The van der Waals surface area contributed by atoms with E-state index in [0.29, 0.717) is 6.04 Å². The van der Waals surface area contributed by atoms with Crippen LogP contribution in [0.4, 0.5) is 5.69 Å². The van der Waals surface area contributed by atoms with Gasteiger partial charge in [0.2, 0.25) is 0 Å². The lowest BCUT2D eigenvalue weighted by Gasteiger charge is -2.35. The second kappa shape index (κ2) is 6.34. The summed E-state index contributed by atoms with van der Waals surface area (Å²) < 4.78 is 0. The molecule has 102 valence electrons. The first-order valence-electron chi connectivity index (χ1n) is 6.97. The van der Waals surface area contributed by atoms with Gasteiger partial charge in [-0.15, -0.1) is 11.8 Å². The molecule has 1 aromatic carbocycles. The van der Waals surface area contributed by atoms with E-state index in [2.05, 4.69) is 37.1 Å². The van der Waals surface area contributed by atoms with Crippen molar-refractivity contribution in [2.75, 3.05) is 18.2 Å². The van der Waals surface area contributed by atoms with Crippen LogP contribution in [0, 0.1) is 17.2 Å². The SMILES string of the molecule is CSc1cccc(N(C)C2CCC(C)CC2)c1C#N. The van der Waals surface area contributed by atoms with E-state index in [-0.39, 0.29) is 0 Å². The smallest absolute Gasteiger partial charge is 0.103 e. The molecular weight excluding hydrogens is 252 g/mol. The van der Waals surface area contributed by atoms with E-state index < -0.39 is 0 Å². The Bertz CT molecular complexity index is 470. The van der Waals surface area contributed by atoms with Crippen molar-refractivity contribution in [1.82, 2.24) is 0 Å². The molecule has 0 spiro atoms. The number of hydrogen-bond acceptors (Lipinski definition) is 3. The third kappa shape index (κ3) is 3.06. The highest BCUT2D eigenvalue weighted by Crippen LogP contribution is 2.33. The third-order valence-electron chi connectivity index (χ3n) is 4.25. The quantitative estimate of drug-likeness (QED) is 0.769. The molecule has 0 saturated heterocycles. The Hall–Kier alpha value is -1.14. The van der Waals surface area contributed by atoms with Gasteiger partial charge in [0.15, 0.2) is 0 Å². The Morgan fingerprint density at radius 3 is 2.53 bits per heavy atom. The Labute approximate surface area is 120 Å². The van der Waals surface area contributed by atoms with Gasteiger partial charge in [-0.1, -0.05) is 13.0 Å². The average molecular weight is 274 g/mol. The van der Waals surface area contributed by atoms with Gasteiger partial charge in [-0.25, -0.2) is 0 Å². The number of nitriles is 1. The van der Waals surface area contributed by atoms with Crippen molar-refractivity contribution in [3.63, 3.8) is 0 Å². The largest absolute Gasteiger partial charge is 0.371 e. The molecule has 0 aliphatic heterocycles. The molecule has 0 aromatic heterocycles. The normalized spacial score (nSPS) is 22.8. The van der Waals surface area contributed by atoms with Crippen molar-refractivity contribution >= 4 is 17.4 Å². The Kier molecular flexibility index (Phi) is 4.76. The molecule has 1 aliphatic carbocycles. The van der Waals surface area contributed by atoms with E-state index in [9.17, 15) is 5.26 Å². The van der Waals surface area contributed by atoms with Gasteiger partial charge in [-0.2, -0.15) is 5.26 Å². The van der Waals surface area contributed by atoms with Crippen LogP contribution in [0.2, 0.25) is 0 Å². The van der Waals surface area contributed by atoms with Crippen LogP contribution in [0.25, 0.3) is 0 Å². The fourth-order valence-corrected chi connectivity index (χ4v) is 3.49. The minimum Gasteiger partial charge on any atom is -0.371 e. The second-order valence-electron chi connectivity index (χ2n) is 5.49. The molecule has 1 fully saturated rings. The molecule has 0 heterocycles. The van der Waals surface area contributed by atoms with Gasteiger partial charge in [0.05, 0.1) is 11.3 Å². The first-order valence-corrected chi connectivity index (χ1v) is 8.19. The predicted octanol–water partition coefficient (Wildman–Crippen LogP) is 4.30. The van der Waals surface area contributed by atoms with Crippen LogP contribution >= 0.6 is 11.8 Å². The highest BCUT2D eigenvalue weighted by molar-refractivity contribution is 7.98. The van der Waals surface area contributed by atoms with Crippen molar-refractivity contribution in [3.8, 4) is 6.07 Å². The van der Waals surface area contributed by atoms with Gasteiger partial charge in [0, 0.05) is 18.0 Å². The van der Waals surface area contributed by atoms with Crippen LogP contribution in [0.3, 0.4) is 0 Å². The van der Waals surface area contributed by atoms with E-state index in [1.807, 2.05) is 12.3 Å². The van der Waals surface area contributed by atoms with Gasteiger partial charge in [-0.05, 0) is 50.0 Å². The fraction of sp³-hybridized carbons (Fsp3) is 0.562. The summed E-state index contributed by atoms with van der Waals surface area (Å²) in [7, 11) is 2.14. The summed E-state index contributed by atoms with van der Waals surface area (Å²) in [6, 6.07) is 9.14. The van der Waals surface area contributed by atoms with E-state index in [4.69, 9.17) is 0 Å². The monoisotopic (exact) mass is 274 g/mol. The summed E-state index contributed by atoms with van der Waals surface area (Å²) in [5.41, 5.74) is 1.92. The van der Waals surface area contributed by atoms with Crippen molar-refractivity contribution in [3.05, 3.63) is 23.8 Å². The minimum absolute atomic E-state index is 0.584. The lowest BCUT2D eigenvalue weighted by atomic mass is 9.86. The Morgan fingerprint density at radius 1 is 1.26 bits per heavy atom. The maximum atomic E-state index is 9.43. The van der Waals surface area contributed by atoms with Crippen molar-refractivity contribution in [2.45, 2.75) is 43.5 Å². The average Bonchev–Trinajstić information content (AvgIpc) is 2.46. The first kappa shape index (κ1) is 14.3. The number of benzene rings is 1. The molecule has 0 amide bonds. The van der Waals surface area contributed by atoms with E-state index >= 15 is 0 Å². The predicted molar refractivity (Wildman–Crippen MR) is 82.8 cm³/mol. The molecule has 1 aliphatic rings. The molecule has 2 nitrogen and oxygen atoms in total. The molecular formula is C16H22N2S. The van der Waals surface area contributed by atoms with Gasteiger partial charge < -0.3 is 4.90 Å². The highest BCUT2D eigenvalue weighted by Gasteiger charge is 2.23. The third-order valence-corrected chi connectivity index (χ3v) is 5.03. The minimum atomic E-state index is 0.584. The molecule has 1 saturated carbocycles. The van der Waals surface area contributed by atoms with Crippen LogP contribution in [-0.4, -0.2) is 19.3 Å². The molecule has 3 heteroatoms. The van der Waals surface area contributed by atoms with E-state index in [0.717, 1.165) is 22.1 Å². The van der Waals surface area contributed by atoms with Crippen LogP contribution in [0.5, 0.6) is 0 Å².